The van der Waals surface area contributed by atoms with Crippen molar-refractivity contribution in [3.05, 3.63) is 22.7 Å². The number of amides is 2. The van der Waals surface area contributed by atoms with Crippen LogP contribution in [0, 0.1) is 6.92 Å². The Balaban J connectivity index is 2.07. The number of hydrogen-bond donors (Lipinski definition) is 1. The van der Waals surface area contributed by atoms with Crippen molar-refractivity contribution in [3.63, 3.8) is 0 Å². The number of nitrogens with one attached hydrogen (secondary N) is 1. The van der Waals surface area contributed by atoms with E-state index in [-0.39, 0.29) is 18.4 Å². The number of carbonyl (C=O) groups is 2. The van der Waals surface area contributed by atoms with Gasteiger partial charge in [0.25, 0.3) is 0 Å². The Hall–Kier alpha value is -1.75. The third-order valence-corrected chi connectivity index (χ3v) is 3.67. The molecule has 0 radical (unpaired) electrons. The first-order chi connectivity index (χ1) is 9.51. The number of aryl methyl sites for hydroxylation is 1. The maximum Gasteiger partial charge on any atom is 0.244 e. The van der Waals surface area contributed by atoms with Crippen LogP contribution in [-0.4, -0.2) is 36.9 Å². The minimum Gasteiger partial charge on any atom is -0.495 e. The summed E-state index contributed by atoms with van der Waals surface area (Å²) in [7, 11) is 1.51. The van der Waals surface area contributed by atoms with E-state index in [0.717, 1.165) is 12.0 Å². The zero-order valence-corrected chi connectivity index (χ0v) is 12.3. The number of anilines is 1. The Labute approximate surface area is 122 Å². The van der Waals surface area contributed by atoms with E-state index in [0.29, 0.717) is 29.4 Å². The predicted molar refractivity (Wildman–Crippen MR) is 77.2 cm³/mol. The Bertz CT molecular complexity index is 545. The van der Waals surface area contributed by atoms with Crippen molar-refractivity contribution in [2.75, 3.05) is 25.5 Å². The Kier molecular flexibility index (Phi) is 4.49. The minimum atomic E-state index is -0.236. The molecule has 0 saturated carbocycles. The Morgan fingerprint density at radius 3 is 2.85 bits per heavy atom. The quantitative estimate of drug-likeness (QED) is 0.927. The van der Waals surface area contributed by atoms with Crippen molar-refractivity contribution in [1.29, 1.82) is 0 Å². The molecule has 20 heavy (non-hydrogen) atoms. The largest absolute Gasteiger partial charge is 0.495 e. The van der Waals surface area contributed by atoms with Crippen LogP contribution in [0.2, 0.25) is 5.02 Å². The lowest BCUT2D eigenvalue weighted by Gasteiger charge is -2.16. The van der Waals surface area contributed by atoms with Crippen LogP contribution < -0.4 is 10.1 Å². The highest BCUT2D eigenvalue weighted by Crippen LogP contribution is 2.30. The molecule has 1 heterocycles. The van der Waals surface area contributed by atoms with Gasteiger partial charge in [0.15, 0.2) is 0 Å². The second kappa shape index (κ2) is 6.13. The first-order valence-corrected chi connectivity index (χ1v) is 6.81. The highest BCUT2D eigenvalue weighted by atomic mass is 35.5. The van der Waals surface area contributed by atoms with Gasteiger partial charge in [0.2, 0.25) is 11.8 Å². The van der Waals surface area contributed by atoms with E-state index in [1.54, 1.807) is 17.0 Å². The summed E-state index contributed by atoms with van der Waals surface area (Å²) < 4.78 is 5.19. The summed E-state index contributed by atoms with van der Waals surface area (Å²) in [5, 5.41) is 3.34. The van der Waals surface area contributed by atoms with Gasteiger partial charge in [-0.1, -0.05) is 11.6 Å². The highest BCUT2D eigenvalue weighted by molar-refractivity contribution is 6.31. The molecule has 0 aliphatic carbocycles. The summed E-state index contributed by atoms with van der Waals surface area (Å²) in [6, 6.07) is 3.42. The van der Waals surface area contributed by atoms with Gasteiger partial charge in [-0.3, -0.25) is 9.59 Å². The molecule has 6 heteroatoms. The molecule has 2 rings (SSSR count). The molecule has 1 aromatic carbocycles. The second-order valence-corrected chi connectivity index (χ2v) is 5.18. The Morgan fingerprint density at radius 2 is 2.25 bits per heavy atom. The van der Waals surface area contributed by atoms with E-state index in [1.165, 1.54) is 7.11 Å². The smallest absolute Gasteiger partial charge is 0.244 e. The predicted octanol–water partition coefficient (Wildman–Crippen LogP) is 2.22. The van der Waals surface area contributed by atoms with E-state index in [9.17, 15) is 9.59 Å². The lowest BCUT2D eigenvalue weighted by atomic mass is 10.2. The summed E-state index contributed by atoms with van der Waals surface area (Å²) in [4.78, 5) is 25.0. The van der Waals surface area contributed by atoms with Gasteiger partial charge in [0, 0.05) is 24.1 Å². The fraction of sp³-hybridized carbons (Fsp3) is 0.429. The third-order valence-electron chi connectivity index (χ3n) is 3.26. The summed E-state index contributed by atoms with van der Waals surface area (Å²) in [5.41, 5.74) is 1.41. The number of ether oxygens (including phenoxy) is 1. The van der Waals surface area contributed by atoms with Crippen molar-refractivity contribution in [2.45, 2.75) is 19.8 Å². The summed E-state index contributed by atoms with van der Waals surface area (Å²) >= 11 is 6.01. The molecular formula is C14H17ClN2O3. The van der Waals surface area contributed by atoms with Gasteiger partial charge in [-0.25, -0.2) is 0 Å². The van der Waals surface area contributed by atoms with Crippen molar-refractivity contribution in [1.82, 2.24) is 4.90 Å². The van der Waals surface area contributed by atoms with Crippen LogP contribution in [0.4, 0.5) is 5.69 Å². The molecule has 2 amide bonds. The van der Waals surface area contributed by atoms with E-state index >= 15 is 0 Å². The monoisotopic (exact) mass is 296 g/mol. The molecule has 1 aliphatic rings. The molecule has 0 bridgehead atoms. The summed E-state index contributed by atoms with van der Waals surface area (Å²) in [6.07, 6.45) is 1.34. The second-order valence-electron chi connectivity index (χ2n) is 4.77. The first-order valence-electron chi connectivity index (χ1n) is 6.43. The molecule has 1 saturated heterocycles. The highest BCUT2D eigenvalue weighted by Gasteiger charge is 2.22. The molecule has 0 unspecified atom stereocenters. The molecule has 0 aromatic heterocycles. The van der Waals surface area contributed by atoms with E-state index in [2.05, 4.69) is 5.32 Å². The number of nitrogens with zero attached hydrogens (tertiary/aromatic N) is 1. The van der Waals surface area contributed by atoms with Crippen LogP contribution in [0.1, 0.15) is 18.4 Å². The Morgan fingerprint density at radius 1 is 1.50 bits per heavy atom. The van der Waals surface area contributed by atoms with Gasteiger partial charge in [-0.05, 0) is 25.0 Å². The molecule has 0 atom stereocenters. The SMILES string of the molecule is COc1cc(Cl)c(C)cc1NC(=O)CN1CCCC1=O. The number of carbonyl (C=O) groups excluding carboxylic acids is 2. The van der Waals surface area contributed by atoms with E-state index < -0.39 is 0 Å². The van der Waals surface area contributed by atoms with Crippen LogP contribution in [0.5, 0.6) is 5.75 Å². The van der Waals surface area contributed by atoms with Crippen LogP contribution in [0.25, 0.3) is 0 Å². The maximum atomic E-state index is 12.0. The summed E-state index contributed by atoms with van der Waals surface area (Å²) in [5.74, 6) is 0.293. The molecule has 1 aromatic rings. The average Bonchev–Trinajstić information content (AvgIpc) is 2.79. The minimum absolute atomic E-state index is 0.0272. The molecule has 108 valence electrons. The fourth-order valence-electron chi connectivity index (χ4n) is 2.16. The van der Waals surface area contributed by atoms with Crippen LogP contribution in [-0.2, 0) is 9.59 Å². The van der Waals surface area contributed by atoms with Crippen molar-refractivity contribution in [2.24, 2.45) is 0 Å². The van der Waals surface area contributed by atoms with Gasteiger partial charge in [0.1, 0.15) is 5.75 Å². The average molecular weight is 297 g/mol. The van der Waals surface area contributed by atoms with E-state index in [1.807, 2.05) is 6.92 Å². The zero-order chi connectivity index (χ0) is 14.7. The molecule has 5 nitrogen and oxygen atoms in total. The molecular weight excluding hydrogens is 280 g/mol. The van der Waals surface area contributed by atoms with Crippen LogP contribution in [0.3, 0.4) is 0 Å². The van der Waals surface area contributed by atoms with Gasteiger partial charge in [-0.2, -0.15) is 0 Å². The summed E-state index contributed by atoms with van der Waals surface area (Å²) in [6.45, 7) is 2.56. The lowest BCUT2D eigenvalue weighted by molar-refractivity contribution is -0.131. The number of hydrogen-bond acceptors (Lipinski definition) is 3. The maximum absolute atomic E-state index is 12.0. The van der Waals surface area contributed by atoms with Crippen LogP contribution >= 0.6 is 11.6 Å². The number of benzene rings is 1. The lowest BCUT2D eigenvalue weighted by Crippen LogP contribution is -2.34. The number of rotatable bonds is 4. The van der Waals surface area contributed by atoms with Crippen LogP contribution in [0.15, 0.2) is 12.1 Å². The van der Waals surface area contributed by atoms with E-state index in [4.69, 9.17) is 16.3 Å². The number of likely N-dealkylation sites (tertiary alicyclic amines) is 1. The zero-order valence-electron chi connectivity index (χ0n) is 11.5. The van der Waals surface area contributed by atoms with Gasteiger partial charge < -0.3 is 15.0 Å². The van der Waals surface area contributed by atoms with Gasteiger partial charge in [-0.15, -0.1) is 0 Å². The standard InChI is InChI=1S/C14H17ClN2O3/c1-9-6-11(12(20-2)7-10(9)15)16-13(18)8-17-5-3-4-14(17)19/h6-7H,3-5,8H2,1-2H3,(H,16,18). The number of methoxy groups -OCH3 is 1. The topological polar surface area (TPSA) is 58.6 Å². The fourth-order valence-corrected chi connectivity index (χ4v) is 2.32. The van der Waals surface area contributed by atoms with Gasteiger partial charge in [0.05, 0.1) is 19.3 Å². The molecule has 1 aliphatic heterocycles. The number of halogens is 1. The molecule has 0 spiro atoms. The molecule has 1 fully saturated rings. The first kappa shape index (κ1) is 14.7. The van der Waals surface area contributed by atoms with Crippen molar-refractivity contribution in [3.8, 4) is 5.75 Å². The molecule has 1 N–H and O–H groups in total. The van der Waals surface area contributed by atoms with Crippen molar-refractivity contribution >= 4 is 29.1 Å². The van der Waals surface area contributed by atoms with Gasteiger partial charge >= 0.3 is 0 Å². The van der Waals surface area contributed by atoms with Crippen molar-refractivity contribution < 1.29 is 14.3 Å². The third kappa shape index (κ3) is 3.22. The normalized spacial score (nSPS) is 14.6.